The number of nitrogens with two attached hydrogens (primary N) is 1. The molecule has 104 valence electrons. The number of aromatic nitrogens is 2. The van der Waals surface area contributed by atoms with E-state index < -0.39 is 5.91 Å². The van der Waals surface area contributed by atoms with Crippen molar-refractivity contribution in [2.45, 2.75) is 6.54 Å². The molecule has 1 aliphatic rings. The Balaban J connectivity index is 1.55. The second-order valence-corrected chi connectivity index (χ2v) is 4.19. The van der Waals surface area contributed by atoms with Gasteiger partial charge in [-0.15, -0.1) is 0 Å². The van der Waals surface area contributed by atoms with E-state index in [9.17, 15) is 4.79 Å². The average Bonchev–Trinajstić information content (AvgIpc) is 3.06. The first kappa shape index (κ1) is 12.3. The van der Waals surface area contributed by atoms with Crippen molar-refractivity contribution < 1.29 is 19.0 Å². The number of rotatable bonds is 5. The third-order valence-corrected chi connectivity index (χ3v) is 2.83. The van der Waals surface area contributed by atoms with E-state index in [4.69, 9.17) is 19.9 Å². The SMILES string of the molecule is NC(=O)c1ccn(CCOc2ccc3c(c2)OCO3)n1. The highest BCUT2D eigenvalue weighted by atomic mass is 16.7. The molecule has 2 aromatic rings. The Kier molecular flexibility index (Phi) is 3.16. The molecule has 0 fully saturated rings. The first-order chi connectivity index (χ1) is 9.72. The van der Waals surface area contributed by atoms with Crippen LogP contribution in [0, 0.1) is 0 Å². The maximum atomic E-state index is 10.9. The zero-order valence-electron chi connectivity index (χ0n) is 10.6. The van der Waals surface area contributed by atoms with Crippen LogP contribution in [0.15, 0.2) is 30.5 Å². The van der Waals surface area contributed by atoms with E-state index in [0.29, 0.717) is 24.7 Å². The first-order valence-electron chi connectivity index (χ1n) is 6.08. The molecule has 0 saturated heterocycles. The summed E-state index contributed by atoms with van der Waals surface area (Å²) < 4.78 is 17.7. The lowest BCUT2D eigenvalue weighted by atomic mass is 10.3. The van der Waals surface area contributed by atoms with Gasteiger partial charge in [-0.1, -0.05) is 0 Å². The normalized spacial score (nSPS) is 12.4. The lowest BCUT2D eigenvalue weighted by Gasteiger charge is -2.07. The second kappa shape index (κ2) is 5.12. The predicted molar refractivity (Wildman–Crippen MR) is 68.8 cm³/mol. The molecule has 0 bridgehead atoms. The number of nitrogens with zero attached hydrogens (tertiary/aromatic N) is 2. The first-order valence-corrected chi connectivity index (χ1v) is 6.08. The van der Waals surface area contributed by atoms with Gasteiger partial charge in [-0.25, -0.2) is 0 Å². The third-order valence-electron chi connectivity index (χ3n) is 2.83. The van der Waals surface area contributed by atoms with Crippen molar-refractivity contribution in [1.82, 2.24) is 9.78 Å². The fraction of sp³-hybridized carbons (Fsp3) is 0.231. The fourth-order valence-corrected chi connectivity index (χ4v) is 1.84. The van der Waals surface area contributed by atoms with Gasteiger partial charge < -0.3 is 19.9 Å². The smallest absolute Gasteiger partial charge is 0.269 e. The minimum atomic E-state index is -0.541. The van der Waals surface area contributed by atoms with E-state index in [2.05, 4.69) is 5.10 Å². The number of hydrogen-bond donors (Lipinski definition) is 1. The maximum absolute atomic E-state index is 10.9. The van der Waals surface area contributed by atoms with Crippen LogP contribution >= 0.6 is 0 Å². The number of hydrogen-bond acceptors (Lipinski definition) is 5. The van der Waals surface area contributed by atoms with Crippen LogP contribution in [0.3, 0.4) is 0 Å². The number of benzene rings is 1. The van der Waals surface area contributed by atoms with Gasteiger partial charge in [-0.2, -0.15) is 5.10 Å². The van der Waals surface area contributed by atoms with Crippen LogP contribution in [-0.4, -0.2) is 29.1 Å². The van der Waals surface area contributed by atoms with Crippen LogP contribution in [0.25, 0.3) is 0 Å². The molecule has 3 rings (SSSR count). The Morgan fingerprint density at radius 1 is 1.35 bits per heavy atom. The molecule has 0 saturated carbocycles. The van der Waals surface area contributed by atoms with Crippen molar-refractivity contribution in [2.24, 2.45) is 5.73 Å². The van der Waals surface area contributed by atoms with Crippen LogP contribution in [0.5, 0.6) is 17.2 Å². The summed E-state index contributed by atoms with van der Waals surface area (Å²) in [5.74, 6) is 1.55. The van der Waals surface area contributed by atoms with Crippen molar-refractivity contribution in [3.05, 3.63) is 36.2 Å². The largest absolute Gasteiger partial charge is 0.492 e. The molecular weight excluding hydrogens is 262 g/mol. The molecule has 1 aromatic carbocycles. The predicted octanol–water partition coefficient (Wildman–Crippen LogP) is 0.790. The lowest BCUT2D eigenvalue weighted by Crippen LogP contribution is -2.14. The monoisotopic (exact) mass is 275 g/mol. The summed E-state index contributed by atoms with van der Waals surface area (Å²) in [6.45, 7) is 1.17. The Labute approximate surface area is 114 Å². The van der Waals surface area contributed by atoms with Gasteiger partial charge >= 0.3 is 0 Å². The summed E-state index contributed by atoms with van der Waals surface area (Å²) in [5.41, 5.74) is 5.37. The number of ether oxygens (including phenoxy) is 3. The number of fused-ring (bicyclic) bond motifs is 1. The Hall–Kier alpha value is -2.70. The highest BCUT2D eigenvalue weighted by Gasteiger charge is 2.13. The highest BCUT2D eigenvalue weighted by molar-refractivity contribution is 5.90. The standard InChI is InChI=1S/C13H13N3O4/c14-13(17)10-3-4-16(15-10)5-6-18-9-1-2-11-12(7-9)20-8-19-11/h1-4,7H,5-6,8H2,(H2,14,17). The quantitative estimate of drug-likeness (QED) is 0.871. The summed E-state index contributed by atoms with van der Waals surface area (Å²) in [7, 11) is 0. The lowest BCUT2D eigenvalue weighted by molar-refractivity contribution is 0.0994. The maximum Gasteiger partial charge on any atom is 0.269 e. The fourth-order valence-electron chi connectivity index (χ4n) is 1.84. The van der Waals surface area contributed by atoms with Gasteiger partial charge in [0.1, 0.15) is 18.1 Å². The molecule has 2 N–H and O–H groups in total. The molecule has 0 atom stereocenters. The second-order valence-electron chi connectivity index (χ2n) is 4.19. The summed E-state index contributed by atoms with van der Waals surface area (Å²) in [6.07, 6.45) is 1.68. The van der Waals surface area contributed by atoms with E-state index in [1.807, 2.05) is 6.07 Å². The van der Waals surface area contributed by atoms with E-state index in [1.54, 1.807) is 29.1 Å². The third kappa shape index (κ3) is 2.51. The summed E-state index contributed by atoms with van der Waals surface area (Å²) in [6, 6.07) is 6.96. The van der Waals surface area contributed by atoms with Crippen molar-refractivity contribution in [3.8, 4) is 17.2 Å². The molecule has 20 heavy (non-hydrogen) atoms. The minimum Gasteiger partial charge on any atom is -0.492 e. The average molecular weight is 275 g/mol. The molecule has 2 heterocycles. The van der Waals surface area contributed by atoms with Gasteiger partial charge in [0.15, 0.2) is 11.5 Å². The van der Waals surface area contributed by atoms with Gasteiger partial charge in [0, 0.05) is 12.3 Å². The van der Waals surface area contributed by atoms with Gasteiger partial charge in [0.05, 0.1) is 6.54 Å². The van der Waals surface area contributed by atoms with Gasteiger partial charge in [0.2, 0.25) is 6.79 Å². The molecule has 1 aromatic heterocycles. The minimum absolute atomic E-state index is 0.238. The van der Waals surface area contributed by atoms with Crippen molar-refractivity contribution in [1.29, 1.82) is 0 Å². The van der Waals surface area contributed by atoms with Gasteiger partial charge in [0.25, 0.3) is 5.91 Å². The zero-order valence-corrected chi connectivity index (χ0v) is 10.6. The van der Waals surface area contributed by atoms with E-state index in [1.165, 1.54) is 0 Å². The van der Waals surface area contributed by atoms with Crippen LogP contribution in [-0.2, 0) is 6.54 Å². The number of carbonyl (C=O) groups excluding carboxylic acids is 1. The van der Waals surface area contributed by atoms with Gasteiger partial charge in [-0.3, -0.25) is 9.48 Å². The van der Waals surface area contributed by atoms with Crippen LogP contribution in [0.1, 0.15) is 10.5 Å². The molecule has 1 aliphatic heterocycles. The van der Waals surface area contributed by atoms with E-state index in [-0.39, 0.29) is 12.5 Å². The number of primary amides is 1. The molecule has 0 unspecified atom stereocenters. The van der Waals surface area contributed by atoms with Gasteiger partial charge in [-0.05, 0) is 18.2 Å². The highest BCUT2D eigenvalue weighted by Crippen LogP contribution is 2.34. The number of carbonyl (C=O) groups is 1. The molecule has 0 aliphatic carbocycles. The van der Waals surface area contributed by atoms with E-state index >= 15 is 0 Å². The Bertz CT molecular complexity index is 638. The summed E-state index contributed by atoms with van der Waals surface area (Å²) in [5, 5.41) is 4.02. The van der Waals surface area contributed by atoms with Crippen LogP contribution in [0.4, 0.5) is 0 Å². The van der Waals surface area contributed by atoms with Crippen molar-refractivity contribution in [3.63, 3.8) is 0 Å². The molecule has 0 spiro atoms. The van der Waals surface area contributed by atoms with E-state index in [0.717, 1.165) is 5.75 Å². The topological polar surface area (TPSA) is 88.6 Å². The van der Waals surface area contributed by atoms with Crippen LogP contribution < -0.4 is 19.9 Å². The summed E-state index contributed by atoms with van der Waals surface area (Å²) >= 11 is 0. The van der Waals surface area contributed by atoms with Crippen molar-refractivity contribution in [2.75, 3.05) is 13.4 Å². The molecule has 0 radical (unpaired) electrons. The Morgan fingerprint density at radius 3 is 3.00 bits per heavy atom. The van der Waals surface area contributed by atoms with Crippen LogP contribution in [0.2, 0.25) is 0 Å². The molecule has 7 nitrogen and oxygen atoms in total. The molecule has 1 amide bonds. The molecule has 7 heteroatoms. The molecular formula is C13H13N3O4. The summed E-state index contributed by atoms with van der Waals surface area (Å²) in [4.78, 5) is 10.9. The zero-order chi connectivity index (χ0) is 13.9. The number of amides is 1. The van der Waals surface area contributed by atoms with Crippen molar-refractivity contribution >= 4 is 5.91 Å². The Morgan fingerprint density at radius 2 is 2.20 bits per heavy atom.